The predicted molar refractivity (Wildman–Crippen MR) is 76.7 cm³/mol. The second-order valence-electron chi connectivity index (χ2n) is 4.41. The summed E-state index contributed by atoms with van der Waals surface area (Å²) in [5, 5.41) is 0. The summed E-state index contributed by atoms with van der Waals surface area (Å²) in [7, 11) is 1.68. The van der Waals surface area contributed by atoms with Crippen LogP contribution in [-0.2, 0) is 17.8 Å². The minimum atomic E-state index is -0.469. The summed E-state index contributed by atoms with van der Waals surface area (Å²) in [5.74, 6) is 6.00. The van der Waals surface area contributed by atoms with Crippen LogP contribution in [0.1, 0.15) is 21.9 Å². The summed E-state index contributed by atoms with van der Waals surface area (Å²) in [4.78, 5) is 11.2. The maximum atomic E-state index is 11.2. The molecule has 0 atom stereocenters. The SMILES string of the molecule is COCCc1ccc(OCc2ccc(C(=O)NN)o2)cc1. The summed E-state index contributed by atoms with van der Waals surface area (Å²) >= 11 is 0. The van der Waals surface area contributed by atoms with E-state index in [1.807, 2.05) is 29.7 Å². The first-order valence-corrected chi connectivity index (χ1v) is 6.53. The van der Waals surface area contributed by atoms with Gasteiger partial charge in [-0.25, -0.2) is 5.84 Å². The number of amides is 1. The van der Waals surface area contributed by atoms with Crippen molar-refractivity contribution < 1.29 is 18.7 Å². The van der Waals surface area contributed by atoms with Crippen molar-refractivity contribution in [3.63, 3.8) is 0 Å². The second kappa shape index (κ2) is 7.47. The number of furan rings is 1. The molecule has 0 radical (unpaired) electrons. The fraction of sp³-hybridized carbons (Fsp3) is 0.267. The minimum absolute atomic E-state index is 0.158. The van der Waals surface area contributed by atoms with Crippen LogP contribution in [0.4, 0.5) is 0 Å². The molecule has 0 bridgehead atoms. The zero-order valence-electron chi connectivity index (χ0n) is 11.8. The molecule has 0 aliphatic rings. The molecule has 0 fully saturated rings. The van der Waals surface area contributed by atoms with Gasteiger partial charge in [-0.15, -0.1) is 0 Å². The molecule has 1 aromatic heterocycles. The van der Waals surface area contributed by atoms with Gasteiger partial charge in [0.25, 0.3) is 0 Å². The third kappa shape index (κ3) is 4.34. The number of carbonyl (C=O) groups is 1. The van der Waals surface area contributed by atoms with Crippen molar-refractivity contribution in [1.29, 1.82) is 0 Å². The van der Waals surface area contributed by atoms with Crippen LogP contribution in [0.2, 0.25) is 0 Å². The third-order valence-electron chi connectivity index (χ3n) is 2.92. The predicted octanol–water partition coefficient (Wildman–Crippen LogP) is 1.65. The fourth-order valence-corrected chi connectivity index (χ4v) is 1.78. The molecule has 2 rings (SSSR count). The van der Waals surface area contributed by atoms with Gasteiger partial charge in [0, 0.05) is 7.11 Å². The summed E-state index contributed by atoms with van der Waals surface area (Å²) in [5.41, 5.74) is 3.19. The molecule has 0 saturated carbocycles. The molecule has 0 unspecified atom stereocenters. The van der Waals surface area contributed by atoms with Gasteiger partial charge in [-0.05, 0) is 36.2 Å². The van der Waals surface area contributed by atoms with Crippen LogP contribution in [0, 0.1) is 0 Å². The van der Waals surface area contributed by atoms with Gasteiger partial charge in [-0.2, -0.15) is 0 Å². The average molecular weight is 290 g/mol. The molecule has 6 nitrogen and oxygen atoms in total. The van der Waals surface area contributed by atoms with Crippen LogP contribution in [0.25, 0.3) is 0 Å². The van der Waals surface area contributed by atoms with E-state index in [4.69, 9.17) is 19.7 Å². The molecule has 112 valence electrons. The number of ether oxygens (including phenoxy) is 2. The largest absolute Gasteiger partial charge is 0.486 e. The lowest BCUT2D eigenvalue weighted by Gasteiger charge is -2.05. The van der Waals surface area contributed by atoms with Gasteiger partial charge in [-0.3, -0.25) is 10.2 Å². The summed E-state index contributed by atoms with van der Waals surface area (Å²) in [6, 6.07) is 11.0. The Balaban J connectivity index is 1.87. The van der Waals surface area contributed by atoms with Crippen LogP contribution < -0.4 is 16.0 Å². The van der Waals surface area contributed by atoms with Crippen molar-refractivity contribution in [2.75, 3.05) is 13.7 Å². The first-order valence-electron chi connectivity index (χ1n) is 6.53. The highest BCUT2D eigenvalue weighted by atomic mass is 16.5. The fourth-order valence-electron chi connectivity index (χ4n) is 1.78. The molecule has 3 N–H and O–H groups in total. The van der Waals surface area contributed by atoms with E-state index in [2.05, 4.69) is 0 Å². The highest BCUT2D eigenvalue weighted by Gasteiger charge is 2.09. The number of nitrogens with one attached hydrogen (secondary N) is 1. The van der Waals surface area contributed by atoms with Crippen LogP contribution in [0.3, 0.4) is 0 Å². The van der Waals surface area contributed by atoms with Gasteiger partial charge in [0.1, 0.15) is 18.1 Å². The Kier molecular flexibility index (Phi) is 5.36. The van der Waals surface area contributed by atoms with Gasteiger partial charge in [0.2, 0.25) is 0 Å². The molecule has 6 heteroatoms. The Hall–Kier alpha value is -2.31. The molecule has 1 aromatic carbocycles. The first-order chi connectivity index (χ1) is 10.2. The molecular weight excluding hydrogens is 272 g/mol. The van der Waals surface area contributed by atoms with Gasteiger partial charge in [0.15, 0.2) is 5.76 Å². The number of hydrazine groups is 1. The van der Waals surface area contributed by atoms with E-state index in [1.165, 1.54) is 5.56 Å². The molecule has 0 spiro atoms. The van der Waals surface area contributed by atoms with Crippen molar-refractivity contribution in [1.82, 2.24) is 5.43 Å². The molecule has 1 heterocycles. The number of carbonyl (C=O) groups excluding carboxylic acids is 1. The lowest BCUT2D eigenvalue weighted by molar-refractivity contribution is 0.0922. The highest BCUT2D eigenvalue weighted by molar-refractivity contribution is 5.90. The summed E-state index contributed by atoms with van der Waals surface area (Å²) < 4.78 is 15.9. The quantitative estimate of drug-likeness (QED) is 0.460. The Morgan fingerprint density at radius 3 is 2.67 bits per heavy atom. The van der Waals surface area contributed by atoms with Gasteiger partial charge < -0.3 is 13.9 Å². The van der Waals surface area contributed by atoms with Crippen LogP contribution in [-0.4, -0.2) is 19.6 Å². The van der Waals surface area contributed by atoms with Crippen molar-refractivity contribution in [2.24, 2.45) is 5.84 Å². The molecular formula is C15H18N2O4. The van der Waals surface area contributed by atoms with E-state index >= 15 is 0 Å². The number of nitrogen functional groups attached to an aromatic ring is 1. The Labute approximate surface area is 122 Å². The van der Waals surface area contributed by atoms with Crippen LogP contribution in [0.15, 0.2) is 40.8 Å². The lowest BCUT2D eigenvalue weighted by Crippen LogP contribution is -2.29. The van der Waals surface area contributed by atoms with Crippen molar-refractivity contribution >= 4 is 5.91 Å². The number of methoxy groups -OCH3 is 1. The summed E-state index contributed by atoms with van der Waals surface area (Å²) in [6.45, 7) is 0.938. The van der Waals surface area contributed by atoms with Crippen molar-refractivity contribution in [3.8, 4) is 5.75 Å². The number of hydrogen-bond donors (Lipinski definition) is 2. The number of hydrogen-bond acceptors (Lipinski definition) is 5. The standard InChI is InChI=1S/C15H18N2O4/c1-19-9-8-11-2-4-12(5-3-11)20-10-13-6-7-14(21-13)15(18)17-16/h2-7H,8-10,16H2,1H3,(H,17,18). The van der Waals surface area contributed by atoms with Crippen molar-refractivity contribution in [2.45, 2.75) is 13.0 Å². The zero-order valence-corrected chi connectivity index (χ0v) is 11.8. The molecule has 0 saturated heterocycles. The topological polar surface area (TPSA) is 86.7 Å². The minimum Gasteiger partial charge on any atom is -0.486 e. The van der Waals surface area contributed by atoms with Crippen LogP contribution in [0.5, 0.6) is 5.75 Å². The normalized spacial score (nSPS) is 10.4. The molecule has 21 heavy (non-hydrogen) atoms. The average Bonchev–Trinajstić information content (AvgIpc) is 3.00. The number of nitrogens with two attached hydrogens (primary N) is 1. The molecule has 0 aliphatic heterocycles. The number of benzene rings is 1. The lowest BCUT2D eigenvalue weighted by atomic mass is 10.1. The summed E-state index contributed by atoms with van der Waals surface area (Å²) in [6.07, 6.45) is 0.868. The van der Waals surface area contributed by atoms with E-state index in [1.54, 1.807) is 19.2 Å². The van der Waals surface area contributed by atoms with Gasteiger partial charge in [0.05, 0.1) is 6.61 Å². The Bertz CT molecular complexity index is 578. The van der Waals surface area contributed by atoms with E-state index in [0.29, 0.717) is 12.4 Å². The Morgan fingerprint density at radius 1 is 1.24 bits per heavy atom. The number of rotatable bonds is 7. The zero-order chi connectivity index (χ0) is 15.1. The molecule has 0 aliphatic carbocycles. The van der Waals surface area contributed by atoms with E-state index < -0.39 is 5.91 Å². The molecule has 2 aromatic rings. The van der Waals surface area contributed by atoms with Crippen LogP contribution >= 0.6 is 0 Å². The smallest absolute Gasteiger partial charge is 0.300 e. The van der Waals surface area contributed by atoms with E-state index in [9.17, 15) is 4.79 Å². The maximum Gasteiger partial charge on any atom is 0.300 e. The molecule has 1 amide bonds. The van der Waals surface area contributed by atoms with E-state index in [0.717, 1.165) is 12.2 Å². The van der Waals surface area contributed by atoms with E-state index in [-0.39, 0.29) is 12.4 Å². The first kappa shape index (κ1) is 15.1. The van der Waals surface area contributed by atoms with Gasteiger partial charge >= 0.3 is 5.91 Å². The highest BCUT2D eigenvalue weighted by Crippen LogP contribution is 2.16. The Morgan fingerprint density at radius 2 is 2.00 bits per heavy atom. The van der Waals surface area contributed by atoms with Crippen molar-refractivity contribution in [3.05, 3.63) is 53.5 Å². The van der Waals surface area contributed by atoms with Gasteiger partial charge in [-0.1, -0.05) is 12.1 Å². The third-order valence-corrected chi connectivity index (χ3v) is 2.92. The second-order valence-corrected chi connectivity index (χ2v) is 4.41. The maximum absolute atomic E-state index is 11.2. The monoisotopic (exact) mass is 290 g/mol.